The van der Waals surface area contributed by atoms with Crippen molar-refractivity contribution in [3.05, 3.63) is 18.2 Å². The van der Waals surface area contributed by atoms with Gasteiger partial charge in [-0.2, -0.15) is 0 Å². The van der Waals surface area contributed by atoms with Crippen molar-refractivity contribution in [2.24, 2.45) is 0 Å². The van der Waals surface area contributed by atoms with Crippen LogP contribution in [0.4, 0.5) is 0 Å². The van der Waals surface area contributed by atoms with Crippen molar-refractivity contribution in [1.29, 1.82) is 0 Å². The van der Waals surface area contributed by atoms with E-state index in [9.17, 15) is 0 Å². The van der Waals surface area contributed by atoms with Crippen LogP contribution in [0.25, 0.3) is 11.5 Å². The Labute approximate surface area is 145 Å². The van der Waals surface area contributed by atoms with Gasteiger partial charge in [0.25, 0.3) is 5.22 Å². The minimum absolute atomic E-state index is 0.459. The molecule has 2 aromatic rings. The van der Waals surface area contributed by atoms with E-state index >= 15 is 0 Å². The van der Waals surface area contributed by atoms with Crippen molar-refractivity contribution < 1.29 is 18.6 Å². The van der Waals surface area contributed by atoms with Gasteiger partial charge in [-0.05, 0) is 12.1 Å². The highest BCUT2D eigenvalue weighted by Crippen LogP contribution is 2.30. The van der Waals surface area contributed by atoms with Crippen LogP contribution in [0.5, 0.6) is 11.5 Å². The Hall–Kier alpha value is -1.77. The SMILES string of the molecule is COc1cc(OC)cc(-c2nnc(SCCN3CCOCC3)o2)c1. The molecule has 1 saturated heterocycles. The van der Waals surface area contributed by atoms with E-state index in [-0.39, 0.29) is 0 Å². The summed E-state index contributed by atoms with van der Waals surface area (Å²) in [5.41, 5.74) is 0.777. The number of aromatic nitrogens is 2. The largest absolute Gasteiger partial charge is 0.497 e. The number of nitrogens with zero attached hydrogens (tertiary/aromatic N) is 3. The Morgan fingerprint density at radius 3 is 2.46 bits per heavy atom. The van der Waals surface area contributed by atoms with Crippen LogP contribution in [0.15, 0.2) is 27.8 Å². The third-order valence-corrected chi connectivity index (χ3v) is 4.54. The molecule has 3 rings (SSSR count). The molecule has 7 nitrogen and oxygen atoms in total. The zero-order valence-electron chi connectivity index (χ0n) is 13.9. The van der Waals surface area contributed by atoms with Gasteiger partial charge >= 0.3 is 0 Å². The highest BCUT2D eigenvalue weighted by Gasteiger charge is 2.14. The molecule has 24 heavy (non-hydrogen) atoms. The third-order valence-electron chi connectivity index (χ3n) is 3.74. The molecule has 0 radical (unpaired) electrons. The molecule has 1 aliphatic heterocycles. The van der Waals surface area contributed by atoms with Gasteiger partial charge in [0.15, 0.2) is 0 Å². The first-order valence-electron chi connectivity index (χ1n) is 7.78. The van der Waals surface area contributed by atoms with E-state index in [2.05, 4.69) is 15.1 Å². The Bertz CT molecular complexity index is 636. The predicted octanol–water partition coefficient (Wildman–Crippen LogP) is 2.18. The minimum Gasteiger partial charge on any atom is -0.497 e. The van der Waals surface area contributed by atoms with E-state index < -0.39 is 0 Å². The van der Waals surface area contributed by atoms with Crippen molar-refractivity contribution in [3.8, 4) is 23.0 Å². The molecule has 1 fully saturated rings. The molecule has 0 atom stereocenters. The Morgan fingerprint density at radius 2 is 1.79 bits per heavy atom. The van der Waals surface area contributed by atoms with Gasteiger partial charge < -0.3 is 18.6 Å². The number of hydrogen-bond donors (Lipinski definition) is 0. The Morgan fingerprint density at radius 1 is 1.08 bits per heavy atom. The highest BCUT2D eigenvalue weighted by molar-refractivity contribution is 7.99. The summed E-state index contributed by atoms with van der Waals surface area (Å²) in [6, 6.07) is 5.49. The fourth-order valence-electron chi connectivity index (χ4n) is 2.40. The first-order valence-corrected chi connectivity index (χ1v) is 8.77. The topological polar surface area (TPSA) is 69.9 Å². The molecule has 1 aromatic carbocycles. The van der Waals surface area contributed by atoms with Crippen molar-refractivity contribution in [3.63, 3.8) is 0 Å². The summed E-state index contributed by atoms with van der Waals surface area (Å²) in [5, 5.41) is 8.80. The number of morpholine rings is 1. The zero-order valence-corrected chi connectivity index (χ0v) is 14.7. The smallest absolute Gasteiger partial charge is 0.276 e. The van der Waals surface area contributed by atoms with Gasteiger partial charge in [-0.15, -0.1) is 10.2 Å². The number of rotatable bonds is 7. The fraction of sp³-hybridized carbons (Fsp3) is 0.500. The second-order valence-corrected chi connectivity index (χ2v) is 6.32. The number of hydrogen-bond acceptors (Lipinski definition) is 8. The molecule has 0 N–H and O–H groups in total. The molecule has 2 heterocycles. The summed E-state index contributed by atoms with van der Waals surface area (Å²) in [5.74, 6) is 2.73. The molecule has 0 saturated carbocycles. The van der Waals surface area contributed by atoms with Gasteiger partial charge in [-0.25, -0.2) is 0 Å². The lowest BCUT2D eigenvalue weighted by Crippen LogP contribution is -2.37. The molecule has 0 spiro atoms. The first kappa shape index (κ1) is 17.1. The summed E-state index contributed by atoms with van der Waals surface area (Å²) < 4.78 is 21.6. The van der Waals surface area contributed by atoms with Crippen LogP contribution in [0.1, 0.15) is 0 Å². The lowest BCUT2D eigenvalue weighted by molar-refractivity contribution is 0.0410. The number of benzene rings is 1. The molecule has 0 aliphatic carbocycles. The molecule has 0 bridgehead atoms. The maximum Gasteiger partial charge on any atom is 0.276 e. The fourth-order valence-corrected chi connectivity index (χ4v) is 3.16. The molecule has 1 aromatic heterocycles. The maximum absolute atomic E-state index is 5.74. The van der Waals surface area contributed by atoms with Crippen molar-refractivity contribution >= 4 is 11.8 Å². The van der Waals surface area contributed by atoms with Crippen LogP contribution in [0, 0.1) is 0 Å². The molecular formula is C16H21N3O4S. The van der Waals surface area contributed by atoms with Crippen LogP contribution >= 0.6 is 11.8 Å². The third kappa shape index (κ3) is 4.40. The lowest BCUT2D eigenvalue weighted by atomic mass is 10.2. The van der Waals surface area contributed by atoms with Crippen LogP contribution in [-0.2, 0) is 4.74 Å². The average molecular weight is 351 g/mol. The summed E-state index contributed by atoms with van der Waals surface area (Å²) in [4.78, 5) is 2.38. The van der Waals surface area contributed by atoms with Crippen molar-refractivity contribution in [2.75, 3.05) is 52.8 Å². The van der Waals surface area contributed by atoms with E-state index in [1.807, 2.05) is 12.1 Å². The normalized spacial score (nSPS) is 15.4. The maximum atomic E-state index is 5.74. The van der Waals surface area contributed by atoms with Crippen LogP contribution in [0.3, 0.4) is 0 Å². The summed E-state index contributed by atoms with van der Waals surface area (Å²) in [7, 11) is 3.22. The van der Waals surface area contributed by atoms with Gasteiger partial charge in [0.05, 0.1) is 27.4 Å². The van der Waals surface area contributed by atoms with E-state index in [4.69, 9.17) is 18.6 Å². The number of methoxy groups -OCH3 is 2. The highest BCUT2D eigenvalue weighted by atomic mass is 32.2. The molecular weight excluding hydrogens is 330 g/mol. The number of thioether (sulfide) groups is 1. The van der Waals surface area contributed by atoms with Gasteiger partial charge in [0.2, 0.25) is 5.89 Å². The molecule has 0 unspecified atom stereocenters. The van der Waals surface area contributed by atoms with Crippen LogP contribution in [0.2, 0.25) is 0 Å². The first-order chi connectivity index (χ1) is 11.8. The van der Waals surface area contributed by atoms with E-state index in [0.717, 1.165) is 44.2 Å². The molecule has 0 amide bonds. The van der Waals surface area contributed by atoms with E-state index in [0.29, 0.717) is 22.6 Å². The lowest BCUT2D eigenvalue weighted by Gasteiger charge is -2.25. The van der Waals surface area contributed by atoms with Crippen LogP contribution < -0.4 is 9.47 Å². The van der Waals surface area contributed by atoms with Gasteiger partial charge in [0, 0.05) is 37.0 Å². The summed E-state index contributed by atoms with van der Waals surface area (Å²) >= 11 is 1.56. The molecule has 1 aliphatic rings. The second kappa shape index (κ2) is 8.36. The minimum atomic E-state index is 0.459. The zero-order chi connectivity index (χ0) is 16.8. The average Bonchev–Trinajstić information content (AvgIpc) is 3.11. The Balaban J connectivity index is 1.60. The molecule has 130 valence electrons. The van der Waals surface area contributed by atoms with E-state index in [1.54, 1.807) is 32.0 Å². The monoisotopic (exact) mass is 351 g/mol. The van der Waals surface area contributed by atoms with Crippen LogP contribution in [-0.4, -0.2) is 67.9 Å². The van der Waals surface area contributed by atoms with E-state index in [1.165, 1.54) is 0 Å². The number of ether oxygens (including phenoxy) is 3. The standard InChI is InChI=1S/C16H21N3O4S/c1-20-13-9-12(10-14(11-13)21-2)15-17-18-16(23-15)24-8-5-19-3-6-22-7-4-19/h9-11H,3-8H2,1-2H3. The Kier molecular flexibility index (Phi) is 5.95. The van der Waals surface area contributed by atoms with Gasteiger partial charge in [-0.3, -0.25) is 4.90 Å². The predicted molar refractivity (Wildman–Crippen MR) is 90.8 cm³/mol. The molecule has 8 heteroatoms. The summed E-state index contributed by atoms with van der Waals surface area (Å²) in [6.45, 7) is 4.58. The van der Waals surface area contributed by atoms with Gasteiger partial charge in [0.1, 0.15) is 11.5 Å². The van der Waals surface area contributed by atoms with Crippen molar-refractivity contribution in [1.82, 2.24) is 15.1 Å². The van der Waals surface area contributed by atoms with Crippen molar-refractivity contribution in [2.45, 2.75) is 5.22 Å². The van der Waals surface area contributed by atoms with Gasteiger partial charge in [-0.1, -0.05) is 11.8 Å². The second-order valence-electron chi connectivity index (χ2n) is 5.28. The quantitative estimate of drug-likeness (QED) is 0.703. The summed E-state index contributed by atoms with van der Waals surface area (Å²) in [6.07, 6.45) is 0.